The van der Waals surface area contributed by atoms with Crippen LogP contribution in [0.25, 0.3) is 0 Å². The fourth-order valence-electron chi connectivity index (χ4n) is 2.68. The van der Waals surface area contributed by atoms with Crippen molar-refractivity contribution >= 4 is 31.6 Å². The van der Waals surface area contributed by atoms with Crippen LogP contribution in [0.3, 0.4) is 0 Å². The quantitative estimate of drug-likeness (QED) is 0.622. The van der Waals surface area contributed by atoms with Crippen LogP contribution in [0.4, 0.5) is 5.69 Å². The monoisotopic (exact) mass is 439 g/mol. The summed E-state index contributed by atoms with van der Waals surface area (Å²) in [6.45, 7) is 6.23. The minimum absolute atomic E-state index is 0.0712. The molecule has 0 unspecified atom stereocenters. The fourth-order valence-corrected chi connectivity index (χ4v) is 5.18. The van der Waals surface area contributed by atoms with Crippen molar-refractivity contribution in [2.75, 3.05) is 25.0 Å². The second kappa shape index (κ2) is 9.49. The Kier molecular flexibility index (Phi) is 7.53. The van der Waals surface area contributed by atoms with Crippen LogP contribution in [0.1, 0.15) is 31.1 Å². The number of nitrogens with zero attached hydrogens (tertiary/aromatic N) is 1. The Morgan fingerprint density at radius 1 is 0.828 bits per heavy atom. The molecule has 2 rings (SSSR count). The van der Waals surface area contributed by atoms with Gasteiger partial charge in [0, 0.05) is 30.9 Å². The SMILES string of the molecule is CCNS(=O)(=O)c1ccc(C(=O)Nc2ccc(S(=O)(=O)N(CC)CC)cc2)cc1. The molecule has 2 N–H and O–H groups in total. The number of carbonyl (C=O) groups excluding carboxylic acids is 1. The number of carbonyl (C=O) groups is 1. The molecule has 0 radical (unpaired) electrons. The van der Waals surface area contributed by atoms with Crippen molar-refractivity contribution in [2.24, 2.45) is 0 Å². The number of amides is 1. The third-order valence-electron chi connectivity index (χ3n) is 4.22. The van der Waals surface area contributed by atoms with E-state index in [4.69, 9.17) is 0 Å². The number of hydrogen-bond acceptors (Lipinski definition) is 5. The van der Waals surface area contributed by atoms with Crippen LogP contribution in [-0.2, 0) is 20.0 Å². The first-order chi connectivity index (χ1) is 13.7. The van der Waals surface area contributed by atoms with E-state index in [0.717, 1.165) is 0 Å². The third kappa shape index (κ3) is 5.41. The first-order valence-corrected chi connectivity index (χ1v) is 12.1. The Morgan fingerprint density at radius 2 is 1.34 bits per heavy atom. The van der Waals surface area contributed by atoms with Gasteiger partial charge in [0.05, 0.1) is 9.79 Å². The Morgan fingerprint density at radius 3 is 1.83 bits per heavy atom. The lowest BCUT2D eigenvalue weighted by Crippen LogP contribution is -2.30. The zero-order valence-electron chi connectivity index (χ0n) is 16.5. The summed E-state index contributed by atoms with van der Waals surface area (Å²) in [5.41, 5.74) is 0.707. The molecule has 0 bridgehead atoms. The van der Waals surface area contributed by atoms with Crippen molar-refractivity contribution in [2.45, 2.75) is 30.6 Å². The summed E-state index contributed by atoms with van der Waals surface area (Å²) >= 11 is 0. The maximum Gasteiger partial charge on any atom is 0.255 e. The summed E-state index contributed by atoms with van der Waals surface area (Å²) in [5, 5.41) is 2.66. The molecule has 0 saturated carbocycles. The summed E-state index contributed by atoms with van der Waals surface area (Å²) < 4.78 is 52.6. The van der Waals surface area contributed by atoms with E-state index in [9.17, 15) is 21.6 Å². The molecule has 0 fully saturated rings. The minimum Gasteiger partial charge on any atom is -0.322 e. The van der Waals surface area contributed by atoms with Gasteiger partial charge in [0.15, 0.2) is 0 Å². The molecule has 0 spiro atoms. The van der Waals surface area contributed by atoms with Crippen LogP contribution in [0.2, 0.25) is 0 Å². The average Bonchev–Trinajstić information content (AvgIpc) is 2.69. The van der Waals surface area contributed by atoms with E-state index >= 15 is 0 Å². The molecule has 0 aromatic heterocycles. The lowest BCUT2D eigenvalue weighted by Gasteiger charge is -2.18. The maximum absolute atomic E-state index is 12.5. The minimum atomic E-state index is -3.58. The molecule has 1 amide bonds. The lowest BCUT2D eigenvalue weighted by atomic mass is 10.2. The van der Waals surface area contributed by atoms with Crippen LogP contribution >= 0.6 is 0 Å². The van der Waals surface area contributed by atoms with Gasteiger partial charge in [0.2, 0.25) is 20.0 Å². The van der Waals surface area contributed by atoms with Crippen LogP contribution < -0.4 is 10.0 Å². The Balaban J connectivity index is 2.14. The first-order valence-electron chi connectivity index (χ1n) is 9.17. The molecule has 0 saturated heterocycles. The zero-order valence-corrected chi connectivity index (χ0v) is 18.2. The van der Waals surface area contributed by atoms with Gasteiger partial charge in [-0.15, -0.1) is 0 Å². The van der Waals surface area contributed by atoms with Crippen LogP contribution in [0.5, 0.6) is 0 Å². The summed E-state index contributed by atoms with van der Waals surface area (Å²) in [6, 6.07) is 11.4. The first kappa shape index (κ1) is 23.0. The molecular weight excluding hydrogens is 414 g/mol. The molecule has 0 heterocycles. The predicted molar refractivity (Wildman–Crippen MR) is 112 cm³/mol. The highest BCUT2D eigenvalue weighted by Crippen LogP contribution is 2.19. The Bertz CT molecular complexity index is 1040. The standard InChI is InChI=1S/C19H25N3O5S2/c1-4-20-28(24,25)17-11-7-15(8-12-17)19(23)21-16-9-13-18(14-10-16)29(26,27)22(5-2)6-3/h7-14,20H,4-6H2,1-3H3,(H,21,23). The van der Waals surface area contributed by atoms with Gasteiger partial charge >= 0.3 is 0 Å². The van der Waals surface area contributed by atoms with Crippen molar-refractivity contribution in [3.63, 3.8) is 0 Å². The summed E-state index contributed by atoms with van der Waals surface area (Å²) in [5.74, 6) is -0.434. The highest BCUT2D eigenvalue weighted by atomic mass is 32.2. The van der Waals surface area contributed by atoms with Crippen LogP contribution in [0.15, 0.2) is 58.3 Å². The average molecular weight is 440 g/mol. The predicted octanol–water partition coefficient (Wildman–Crippen LogP) is 2.27. The summed E-state index contributed by atoms with van der Waals surface area (Å²) in [7, 11) is -7.15. The highest BCUT2D eigenvalue weighted by molar-refractivity contribution is 7.89. The summed E-state index contributed by atoms with van der Waals surface area (Å²) in [4.78, 5) is 12.6. The topological polar surface area (TPSA) is 113 Å². The number of nitrogens with one attached hydrogen (secondary N) is 2. The van der Waals surface area contributed by atoms with E-state index in [2.05, 4.69) is 10.0 Å². The van der Waals surface area contributed by atoms with Gasteiger partial charge in [0.25, 0.3) is 5.91 Å². The van der Waals surface area contributed by atoms with E-state index in [1.54, 1.807) is 20.8 Å². The molecule has 2 aromatic rings. The van der Waals surface area contributed by atoms with Crippen LogP contribution in [0, 0.1) is 0 Å². The molecule has 8 nitrogen and oxygen atoms in total. The van der Waals surface area contributed by atoms with Crippen LogP contribution in [-0.4, -0.2) is 46.7 Å². The number of benzene rings is 2. The molecule has 0 aliphatic rings. The fraction of sp³-hybridized carbons (Fsp3) is 0.316. The van der Waals surface area contributed by atoms with E-state index in [1.807, 2.05) is 0 Å². The maximum atomic E-state index is 12.5. The van der Waals surface area contributed by atoms with Crippen molar-refractivity contribution in [1.29, 1.82) is 0 Å². The molecule has 0 aliphatic carbocycles. The van der Waals surface area contributed by atoms with E-state index in [0.29, 0.717) is 18.8 Å². The lowest BCUT2D eigenvalue weighted by molar-refractivity contribution is 0.102. The Labute approximate surface area is 172 Å². The van der Waals surface area contributed by atoms with E-state index in [-0.39, 0.29) is 21.9 Å². The van der Waals surface area contributed by atoms with Crippen molar-refractivity contribution in [3.05, 3.63) is 54.1 Å². The van der Waals surface area contributed by atoms with Crippen molar-refractivity contribution in [3.8, 4) is 0 Å². The molecule has 158 valence electrons. The van der Waals surface area contributed by atoms with E-state index < -0.39 is 26.0 Å². The molecule has 29 heavy (non-hydrogen) atoms. The van der Waals surface area contributed by atoms with Gasteiger partial charge < -0.3 is 5.32 Å². The summed E-state index contributed by atoms with van der Waals surface area (Å²) in [6.07, 6.45) is 0. The van der Waals surface area contributed by atoms with Crippen molar-refractivity contribution in [1.82, 2.24) is 9.03 Å². The number of rotatable bonds is 9. The van der Waals surface area contributed by atoms with Crippen molar-refractivity contribution < 1.29 is 21.6 Å². The second-order valence-electron chi connectivity index (χ2n) is 6.09. The smallest absolute Gasteiger partial charge is 0.255 e. The number of hydrogen-bond donors (Lipinski definition) is 2. The highest BCUT2D eigenvalue weighted by Gasteiger charge is 2.21. The number of sulfonamides is 2. The number of anilines is 1. The molecule has 0 atom stereocenters. The normalized spacial score (nSPS) is 12.1. The van der Waals surface area contributed by atoms with Gasteiger partial charge in [-0.05, 0) is 48.5 Å². The van der Waals surface area contributed by atoms with Gasteiger partial charge in [-0.25, -0.2) is 21.6 Å². The molecular formula is C19H25N3O5S2. The van der Waals surface area contributed by atoms with Gasteiger partial charge in [0.1, 0.15) is 0 Å². The van der Waals surface area contributed by atoms with Gasteiger partial charge in [-0.2, -0.15) is 4.31 Å². The molecule has 10 heteroatoms. The molecule has 0 aliphatic heterocycles. The largest absolute Gasteiger partial charge is 0.322 e. The molecule has 2 aromatic carbocycles. The van der Waals surface area contributed by atoms with E-state index in [1.165, 1.54) is 52.8 Å². The second-order valence-corrected chi connectivity index (χ2v) is 9.80. The third-order valence-corrected chi connectivity index (χ3v) is 7.84. The zero-order chi connectivity index (χ0) is 21.7. The van der Waals surface area contributed by atoms with Gasteiger partial charge in [-0.3, -0.25) is 4.79 Å². The Hall–Kier alpha value is -2.27. The van der Waals surface area contributed by atoms with Gasteiger partial charge in [-0.1, -0.05) is 20.8 Å².